The van der Waals surface area contributed by atoms with Crippen molar-refractivity contribution in [3.63, 3.8) is 0 Å². The first kappa shape index (κ1) is 26.0. The van der Waals surface area contributed by atoms with Gasteiger partial charge in [-0.3, -0.25) is 4.79 Å². The average Bonchev–Trinajstić information content (AvgIpc) is 3.57. The maximum absolute atomic E-state index is 13.6. The number of furan rings is 1. The molecule has 0 bridgehead atoms. The number of rotatable bonds is 7. The van der Waals surface area contributed by atoms with Gasteiger partial charge in [0.1, 0.15) is 11.5 Å². The van der Waals surface area contributed by atoms with Gasteiger partial charge in [0.05, 0.1) is 46.9 Å². The van der Waals surface area contributed by atoms with Gasteiger partial charge in [-0.15, -0.1) is 0 Å². The second-order valence-corrected chi connectivity index (χ2v) is 11.8. The third kappa shape index (κ3) is 5.34. The number of methoxy groups -OCH3 is 1. The van der Waals surface area contributed by atoms with Gasteiger partial charge < -0.3 is 13.9 Å². The molecule has 2 unspecified atom stereocenters. The van der Waals surface area contributed by atoms with E-state index in [1.807, 2.05) is 19.9 Å². The van der Waals surface area contributed by atoms with Crippen molar-refractivity contribution in [3.8, 4) is 5.75 Å². The normalized spacial score (nSPS) is 18.7. The topological polar surface area (TPSA) is 115 Å². The molecule has 3 heterocycles. The van der Waals surface area contributed by atoms with Crippen LogP contribution in [0.3, 0.4) is 0 Å². The van der Waals surface area contributed by atoms with E-state index in [4.69, 9.17) is 13.9 Å². The number of benzene rings is 2. The van der Waals surface area contributed by atoms with Crippen LogP contribution in [0.15, 0.2) is 75.3 Å². The van der Waals surface area contributed by atoms with Crippen molar-refractivity contribution in [1.29, 1.82) is 0 Å². The Labute approximate surface area is 224 Å². The first-order valence-electron chi connectivity index (χ1n) is 11.9. The van der Waals surface area contributed by atoms with Crippen LogP contribution in [0.2, 0.25) is 0 Å². The predicted molar refractivity (Wildman–Crippen MR) is 144 cm³/mol. The van der Waals surface area contributed by atoms with Gasteiger partial charge in [0.15, 0.2) is 0 Å². The van der Waals surface area contributed by atoms with Crippen LogP contribution in [0.25, 0.3) is 10.2 Å². The van der Waals surface area contributed by atoms with E-state index in [0.29, 0.717) is 22.2 Å². The van der Waals surface area contributed by atoms with E-state index < -0.39 is 15.9 Å². The lowest BCUT2D eigenvalue weighted by Crippen LogP contribution is -2.48. The smallest absolute Gasteiger partial charge is 0.280 e. The molecule has 5 rings (SSSR count). The molecule has 1 aliphatic rings. The monoisotopic (exact) mass is 554 g/mol. The summed E-state index contributed by atoms with van der Waals surface area (Å²) in [6.45, 7) is 4.22. The van der Waals surface area contributed by atoms with Gasteiger partial charge in [0, 0.05) is 18.7 Å². The Bertz CT molecular complexity index is 1560. The molecule has 0 aliphatic carbocycles. The predicted octanol–water partition coefficient (Wildman–Crippen LogP) is 4.38. The Balaban J connectivity index is 1.45. The highest BCUT2D eigenvalue weighted by Gasteiger charge is 2.32. The lowest BCUT2D eigenvalue weighted by molar-refractivity contribution is -0.0440. The summed E-state index contributed by atoms with van der Waals surface area (Å²) in [4.78, 5) is 18.3. The minimum Gasteiger partial charge on any atom is -0.497 e. The highest BCUT2D eigenvalue weighted by Crippen LogP contribution is 2.32. The van der Waals surface area contributed by atoms with Crippen LogP contribution in [0.4, 0.5) is 5.13 Å². The van der Waals surface area contributed by atoms with Crippen molar-refractivity contribution in [2.24, 2.45) is 5.10 Å². The molecule has 2 aromatic heterocycles. The fourth-order valence-electron chi connectivity index (χ4n) is 4.15. The van der Waals surface area contributed by atoms with Gasteiger partial charge in [0.25, 0.3) is 5.91 Å². The number of ether oxygens (including phenoxy) is 2. The van der Waals surface area contributed by atoms with Crippen molar-refractivity contribution in [3.05, 3.63) is 72.2 Å². The van der Waals surface area contributed by atoms with Crippen LogP contribution in [-0.2, 0) is 14.8 Å². The van der Waals surface area contributed by atoms with Gasteiger partial charge in [-0.25, -0.2) is 13.4 Å². The first-order chi connectivity index (χ1) is 18.2. The van der Waals surface area contributed by atoms with Crippen LogP contribution in [-0.4, -0.2) is 62.2 Å². The molecule has 0 saturated carbocycles. The number of amides is 1. The minimum atomic E-state index is -3.74. The van der Waals surface area contributed by atoms with E-state index in [2.05, 4.69) is 10.1 Å². The average molecular weight is 555 g/mol. The fraction of sp³-hybridized carbons (Fsp3) is 0.269. The van der Waals surface area contributed by atoms with E-state index in [-0.39, 0.29) is 35.8 Å². The van der Waals surface area contributed by atoms with Crippen molar-refractivity contribution >= 4 is 48.8 Å². The number of hydrazone groups is 1. The van der Waals surface area contributed by atoms with Crippen molar-refractivity contribution < 1.29 is 27.1 Å². The van der Waals surface area contributed by atoms with Gasteiger partial charge in [-0.05, 0) is 68.4 Å². The third-order valence-corrected chi connectivity index (χ3v) is 8.77. The molecule has 10 nitrogen and oxygen atoms in total. The number of sulfonamides is 1. The van der Waals surface area contributed by atoms with Crippen LogP contribution in [0.1, 0.15) is 30.0 Å². The van der Waals surface area contributed by atoms with Crippen LogP contribution >= 0.6 is 11.3 Å². The highest BCUT2D eigenvalue weighted by atomic mass is 32.2. The molecule has 1 aliphatic heterocycles. The summed E-state index contributed by atoms with van der Waals surface area (Å²) in [5.41, 5.74) is 0.938. The Morgan fingerprint density at radius 2 is 1.89 bits per heavy atom. The molecule has 0 spiro atoms. The van der Waals surface area contributed by atoms with E-state index >= 15 is 0 Å². The molecule has 0 radical (unpaired) electrons. The SMILES string of the molecule is COc1ccc2nc(N(/N=C/c3ccco3)C(=O)c3ccc(S(=O)(=O)N4CC(C)OC(C)C4)cc3)sc2c1. The first-order valence-corrected chi connectivity index (χ1v) is 14.1. The van der Waals surface area contributed by atoms with Crippen molar-refractivity contribution in [2.45, 2.75) is 31.0 Å². The number of thiazole rings is 1. The van der Waals surface area contributed by atoms with Gasteiger partial charge in [0.2, 0.25) is 15.2 Å². The Kier molecular flexibility index (Phi) is 7.30. The number of hydrogen-bond donors (Lipinski definition) is 0. The van der Waals surface area contributed by atoms with Crippen molar-refractivity contribution in [2.75, 3.05) is 25.2 Å². The molecule has 2 aromatic carbocycles. The molecule has 0 N–H and O–H groups in total. The zero-order valence-corrected chi connectivity index (χ0v) is 22.6. The molecule has 2 atom stereocenters. The Morgan fingerprint density at radius 3 is 2.55 bits per heavy atom. The van der Waals surface area contributed by atoms with Crippen LogP contribution in [0.5, 0.6) is 5.75 Å². The highest BCUT2D eigenvalue weighted by molar-refractivity contribution is 7.89. The van der Waals surface area contributed by atoms with Crippen LogP contribution in [0, 0.1) is 0 Å². The molecular formula is C26H26N4O6S2. The van der Waals surface area contributed by atoms with E-state index in [9.17, 15) is 13.2 Å². The standard InChI is InChI=1S/C26H26N4O6S2/c1-17-15-29(16-18(2)36-17)38(32,33)22-9-6-19(7-10-22)25(31)30(27-14-21-5-4-12-35-21)26-28-23-11-8-20(34-3)13-24(23)37-26/h4-14,17-18H,15-16H2,1-3H3/b27-14+. The molecule has 38 heavy (non-hydrogen) atoms. The summed E-state index contributed by atoms with van der Waals surface area (Å²) in [5.74, 6) is 0.655. The molecule has 4 aromatic rings. The molecule has 12 heteroatoms. The number of aromatic nitrogens is 1. The summed E-state index contributed by atoms with van der Waals surface area (Å²) in [7, 11) is -2.16. The Hall–Kier alpha value is -3.58. The second-order valence-electron chi connectivity index (χ2n) is 8.81. The number of nitrogens with zero attached hydrogens (tertiary/aromatic N) is 4. The summed E-state index contributed by atoms with van der Waals surface area (Å²) >= 11 is 1.28. The number of carbonyl (C=O) groups excluding carboxylic acids is 1. The summed E-state index contributed by atoms with van der Waals surface area (Å²) in [5, 5.41) is 5.87. The van der Waals surface area contributed by atoms with E-state index in [0.717, 1.165) is 4.70 Å². The van der Waals surface area contributed by atoms with Crippen LogP contribution < -0.4 is 9.75 Å². The number of fused-ring (bicyclic) bond motifs is 1. The lowest BCUT2D eigenvalue weighted by Gasteiger charge is -2.34. The number of anilines is 1. The lowest BCUT2D eigenvalue weighted by atomic mass is 10.2. The Morgan fingerprint density at radius 1 is 1.16 bits per heavy atom. The van der Waals surface area contributed by atoms with E-state index in [1.54, 1.807) is 31.4 Å². The number of carbonyl (C=O) groups is 1. The molecular weight excluding hydrogens is 528 g/mol. The number of hydrogen-bond acceptors (Lipinski definition) is 9. The second kappa shape index (κ2) is 10.7. The molecule has 1 saturated heterocycles. The maximum atomic E-state index is 13.6. The summed E-state index contributed by atoms with van der Waals surface area (Å²) in [6, 6.07) is 14.7. The molecule has 1 fully saturated rings. The summed E-state index contributed by atoms with van der Waals surface area (Å²) < 4.78 is 45.0. The third-order valence-electron chi connectivity index (χ3n) is 5.93. The quantitative estimate of drug-likeness (QED) is 0.246. The van der Waals surface area contributed by atoms with Gasteiger partial charge >= 0.3 is 0 Å². The zero-order valence-electron chi connectivity index (χ0n) is 21.0. The van der Waals surface area contributed by atoms with Gasteiger partial charge in [-0.2, -0.15) is 14.4 Å². The number of morpholine rings is 1. The van der Waals surface area contributed by atoms with Gasteiger partial charge in [-0.1, -0.05) is 11.3 Å². The van der Waals surface area contributed by atoms with E-state index in [1.165, 1.54) is 57.4 Å². The fourth-order valence-corrected chi connectivity index (χ4v) is 6.69. The minimum absolute atomic E-state index is 0.105. The maximum Gasteiger partial charge on any atom is 0.280 e. The molecule has 1 amide bonds. The largest absolute Gasteiger partial charge is 0.497 e. The summed E-state index contributed by atoms with van der Waals surface area (Å²) in [6.07, 6.45) is 2.52. The molecule has 198 valence electrons. The zero-order chi connectivity index (χ0) is 26.9. The van der Waals surface area contributed by atoms with Crippen molar-refractivity contribution in [1.82, 2.24) is 9.29 Å².